The quantitative estimate of drug-likeness (QED) is 0.629. The lowest BCUT2D eigenvalue weighted by atomic mass is 9.96. The van der Waals surface area contributed by atoms with Crippen LogP contribution in [0.1, 0.15) is 107 Å². The maximum absolute atomic E-state index is 5.59. The molecule has 0 saturated carbocycles. The van der Waals surface area contributed by atoms with Gasteiger partial charge in [0.15, 0.2) is 0 Å². The van der Waals surface area contributed by atoms with Crippen LogP contribution in [-0.4, -0.2) is 20.4 Å². The molecule has 0 aromatic carbocycles. The molecule has 6 nitrogen and oxygen atoms in total. The Bertz CT molecular complexity index is 582. The lowest BCUT2D eigenvalue weighted by Gasteiger charge is -2.14. The first-order valence-electron chi connectivity index (χ1n) is 9.11. The van der Waals surface area contributed by atoms with Crippen molar-refractivity contribution in [1.29, 1.82) is 0 Å². The number of aromatic nitrogens is 4. The van der Waals surface area contributed by atoms with Crippen molar-refractivity contribution in [3.8, 4) is 0 Å². The summed E-state index contributed by atoms with van der Waals surface area (Å²) < 4.78 is 11.2. The summed E-state index contributed by atoms with van der Waals surface area (Å²) in [6.45, 7) is 24.7. The van der Waals surface area contributed by atoms with Crippen molar-refractivity contribution in [1.82, 2.24) is 20.4 Å². The molecular formula is C20H36N4O2. The molecule has 148 valence electrons. The van der Waals surface area contributed by atoms with Gasteiger partial charge < -0.3 is 8.83 Å². The van der Waals surface area contributed by atoms with E-state index in [-0.39, 0.29) is 21.7 Å². The van der Waals surface area contributed by atoms with Gasteiger partial charge in [-0.15, -0.1) is 20.4 Å². The molecule has 2 aromatic heterocycles. The summed E-state index contributed by atoms with van der Waals surface area (Å²) >= 11 is 0. The lowest BCUT2D eigenvalue weighted by Crippen LogP contribution is -2.12. The predicted molar refractivity (Wildman–Crippen MR) is 103 cm³/mol. The van der Waals surface area contributed by atoms with Crippen LogP contribution in [0.5, 0.6) is 0 Å². The van der Waals surface area contributed by atoms with Crippen LogP contribution in [0.4, 0.5) is 0 Å². The molecule has 0 radical (unpaired) electrons. The van der Waals surface area contributed by atoms with Gasteiger partial charge in [-0.25, -0.2) is 0 Å². The fourth-order valence-electron chi connectivity index (χ4n) is 1.66. The summed E-state index contributed by atoms with van der Waals surface area (Å²) in [6.07, 6.45) is 0. The summed E-state index contributed by atoms with van der Waals surface area (Å²) in [4.78, 5) is 0. The standard InChI is InChI=1S/2C10H18N2O/c2*1-9(2,3)7-11-12-8(13-7)10(4,5)6/h2*1-6H3. The van der Waals surface area contributed by atoms with Crippen LogP contribution in [0.15, 0.2) is 8.83 Å². The van der Waals surface area contributed by atoms with Gasteiger partial charge in [-0.05, 0) is 0 Å². The molecule has 0 saturated heterocycles. The molecule has 6 heteroatoms. The van der Waals surface area contributed by atoms with E-state index in [2.05, 4.69) is 103 Å². The number of rotatable bonds is 0. The van der Waals surface area contributed by atoms with Gasteiger partial charge in [0.25, 0.3) is 0 Å². The van der Waals surface area contributed by atoms with E-state index in [1.54, 1.807) is 0 Å². The van der Waals surface area contributed by atoms with Gasteiger partial charge in [-0.2, -0.15) is 0 Å². The fourth-order valence-corrected chi connectivity index (χ4v) is 1.66. The topological polar surface area (TPSA) is 77.8 Å². The van der Waals surface area contributed by atoms with E-state index in [0.29, 0.717) is 23.6 Å². The second-order valence-corrected chi connectivity index (χ2v) is 10.8. The minimum absolute atomic E-state index is 0.0590. The zero-order chi connectivity index (χ0) is 20.6. The minimum atomic E-state index is -0.0590. The third kappa shape index (κ3) is 6.22. The van der Waals surface area contributed by atoms with Crippen LogP contribution in [0.3, 0.4) is 0 Å². The monoisotopic (exact) mass is 364 g/mol. The molecule has 2 aromatic rings. The molecule has 2 rings (SSSR count). The summed E-state index contributed by atoms with van der Waals surface area (Å²) in [6, 6.07) is 0. The van der Waals surface area contributed by atoms with E-state index in [9.17, 15) is 0 Å². The second kappa shape index (κ2) is 7.12. The molecule has 0 atom stereocenters. The smallest absolute Gasteiger partial charge is 0.221 e. The first-order chi connectivity index (χ1) is 11.4. The average molecular weight is 365 g/mol. The molecule has 2 heterocycles. The van der Waals surface area contributed by atoms with Crippen LogP contribution in [0.25, 0.3) is 0 Å². The number of nitrogens with zero attached hydrogens (tertiary/aromatic N) is 4. The van der Waals surface area contributed by atoms with Crippen LogP contribution in [0, 0.1) is 0 Å². The lowest BCUT2D eigenvalue weighted by molar-refractivity contribution is 0.331. The maximum atomic E-state index is 5.59. The summed E-state index contributed by atoms with van der Waals surface area (Å²) in [5.41, 5.74) is -0.236. The third-order valence-electron chi connectivity index (χ3n) is 3.42. The zero-order valence-corrected chi connectivity index (χ0v) is 18.6. The van der Waals surface area contributed by atoms with Gasteiger partial charge in [-0.3, -0.25) is 0 Å². The van der Waals surface area contributed by atoms with E-state index in [0.717, 1.165) is 0 Å². The normalized spacial score (nSPS) is 13.4. The van der Waals surface area contributed by atoms with Crippen molar-refractivity contribution in [2.45, 2.75) is 105 Å². The molecule has 0 aliphatic heterocycles. The largest absolute Gasteiger partial charge is 0.424 e. The maximum Gasteiger partial charge on any atom is 0.221 e. The van der Waals surface area contributed by atoms with Crippen molar-refractivity contribution in [2.24, 2.45) is 0 Å². The van der Waals surface area contributed by atoms with E-state index in [1.807, 2.05) is 0 Å². The second-order valence-electron chi connectivity index (χ2n) is 10.8. The van der Waals surface area contributed by atoms with Crippen molar-refractivity contribution < 1.29 is 8.83 Å². The number of hydrogen-bond donors (Lipinski definition) is 0. The Labute approximate surface area is 158 Å². The minimum Gasteiger partial charge on any atom is -0.424 e. The van der Waals surface area contributed by atoms with Crippen molar-refractivity contribution in [3.63, 3.8) is 0 Å². The highest BCUT2D eigenvalue weighted by atomic mass is 16.4. The van der Waals surface area contributed by atoms with Gasteiger partial charge in [-0.1, -0.05) is 83.1 Å². The van der Waals surface area contributed by atoms with Gasteiger partial charge in [0.2, 0.25) is 23.6 Å². The molecule has 0 spiro atoms. The highest BCUT2D eigenvalue weighted by Gasteiger charge is 2.27. The zero-order valence-electron chi connectivity index (χ0n) is 18.6. The molecule has 0 aliphatic carbocycles. The molecule has 0 amide bonds. The average Bonchev–Trinajstić information content (AvgIpc) is 3.06. The van der Waals surface area contributed by atoms with Crippen LogP contribution >= 0.6 is 0 Å². The van der Waals surface area contributed by atoms with Crippen LogP contribution < -0.4 is 0 Å². The molecular weight excluding hydrogens is 328 g/mol. The Morgan fingerprint density at radius 1 is 0.385 bits per heavy atom. The summed E-state index contributed by atoms with van der Waals surface area (Å²) in [5, 5.41) is 16.1. The Morgan fingerprint density at radius 3 is 0.615 bits per heavy atom. The Morgan fingerprint density at radius 2 is 0.538 bits per heavy atom. The number of hydrogen-bond acceptors (Lipinski definition) is 6. The Kier molecular flexibility index (Phi) is 6.11. The predicted octanol–water partition coefficient (Wildman–Crippen LogP) is 5.33. The Hall–Kier alpha value is -1.72. The van der Waals surface area contributed by atoms with Crippen molar-refractivity contribution >= 4 is 0 Å². The molecule has 26 heavy (non-hydrogen) atoms. The van der Waals surface area contributed by atoms with Gasteiger partial charge in [0.1, 0.15) is 0 Å². The summed E-state index contributed by atoms with van der Waals surface area (Å²) in [7, 11) is 0. The highest BCUT2D eigenvalue weighted by Crippen LogP contribution is 2.27. The molecule has 0 N–H and O–H groups in total. The SMILES string of the molecule is CC(C)(C)c1nnc(C(C)(C)C)o1.CC(C)(C)c1nnc(C(C)(C)C)o1. The van der Waals surface area contributed by atoms with Crippen LogP contribution in [0.2, 0.25) is 0 Å². The van der Waals surface area contributed by atoms with Gasteiger partial charge in [0, 0.05) is 21.7 Å². The first-order valence-corrected chi connectivity index (χ1v) is 9.11. The van der Waals surface area contributed by atoms with E-state index in [4.69, 9.17) is 8.83 Å². The first kappa shape index (κ1) is 22.3. The molecule has 0 bridgehead atoms. The molecule has 0 unspecified atom stereocenters. The molecule has 0 fully saturated rings. The highest BCUT2D eigenvalue weighted by molar-refractivity contribution is 5.02. The fraction of sp³-hybridized carbons (Fsp3) is 0.800. The van der Waals surface area contributed by atoms with Gasteiger partial charge >= 0.3 is 0 Å². The van der Waals surface area contributed by atoms with Crippen molar-refractivity contribution in [2.75, 3.05) is 0 Å². The van der Waals surface area contributed by atoms with E-state index in [1.165, 1.54) is 0 Å². The Balaban J connectivity index is 0.000000260. The van der Waals surface area contributed by atoms with Crippen LogP contribution in [-0.2, 0) is 21.7 Å². The van der Waals surface area contributed by atoms with Gasteiger partial charge in [0.05, 0.1) is 0 Å². The van der Waals surface area contributed by atoms with E-state index >= 15 is 0 Å². The van der Waals surface area contributed by atoms with Crippen molar-refractivity contribution in [3.05, 3.63) is 23.6 Å². The molecule has 0 aliphatic rings. The van der Waals surface area contributed by atoms with E-state index < -0.39 is 0 Å². The third-order valence-corrected chi connectivity index (χ3v) is 3.42. The summed E-state index contributed by atoms with van der Waals surface area (Å²) in [5.74, 6) is 2.82.